The summed E-state index contributed by atoms with van der Waals surface area (Å²) in [4.78, 5) is 22.2. The number of alkyl halides is 3. The zero-order valence-electron chi connectivity index (χ0n) is 11.1. The van der Waals surface area contributed by atoms with Gasteiger partial charge in [-0.05, 0) is 24.3 Å². The summed E-state index contributed by atoms with van der Waals surface area (Å²) in [5.74, 6) is -1.68. The number of carbonyl (C=O) groups is 2. The molecule has 116 valence electrons. The van der Waals surface area contributed by atoms with Gasteiger partial charge in [0.15, 0.2) is 0 Å². The molecule has 0 bridgehead atoms. The third-order valence-electron chi connectivity index (χ3n) is 2.70. The van der Waals surface area contributed by atoms with Crippen molar-refractivity contribution in [1.29, 1.82) is 0 Å². The van der Waals surface area contributed by atoms with E-state index in [1.54, 1.807) is 0 Å². The molecule has 0 aliphatic heterocycles. The number of carboxylic acid groups (broad SMARTS) is 1. The number of halogens is 3. The third kappa shape index (κ3) is 5.42. The van der Waals surface area contributed by atoms with Gasteiger partial charge in [-0.25, -0.2) is 0 Å². The van der Waals surface area contributed by atoms with E-state index in [0.717, 1.165) is 24.3 Å². The molecule has 21 heavy (non-hydrogen) atoms. The fourth-order valence-electron chi connectivity index (χ4n) is 1.55. The van der Waals surface area contributed by atoms with Gasteiger partial charge in [0.05, 0.1) is 18.1 Å². The van der Waals surface area contributed by atoms with Crippen LogP contribution in [0.25, 0.3) is 0 Å². The van der Waals surface area contributed by atoms with Gasteiger partial charge in [-0.15, -0.1) is 0 Å². The number of hydrogen-bond acceptors (Lipinski definition) is 3. The first kappa shape index (κ1) is 17.0. The van der Waals surface area contributed by atoms with Gasteiger partial charge in [0.1, 0.15) is 0 Å². The van der Waals surface area contributed by atoms with Crippen LogP contribution in [-0.2, 0) is 15.7 Å². The van der Waals surface area contributed by atoms with Crippen LogP contribution in [0.15, 0.2) is 24.3 Å². The van der Waals surface area contributed by atoms with Crippen LogP contribution in [0.5, 0.6) is 0 Å². The second kappa shape index (κ2) is 7.07. The Labute approximate surface area is 118 Å². The Morgan fingerprint density at radius 3 is 2.29 bits per heavy atom. The molecule has 1 atom stereocenters. The highest BCUT2D eigenvalue weighted by Crippen LogP contribution is 2.29. The molecule has 0 saturated heterocycles. The zero-order valence-corrected chi connectivity index (χ0v) is 11.1. The summed E-state index contributed by atoms with van der Waals surface area (Å²) in [6.07, 6.45) is -5.46. The minimum absolute atomic E-state index is 0.0492. The third-order valence-corrected chi connectivity index (χ3v) is 2.70. The van der Waals surface area contributed by atoms with E-state index in [1.807, 2.05) is 0 Å². The lowest BCUT2D eigenvalue weighted by Gasteiger charge is -2.14. The number of hydrogen-bond donors (Lipinski definition) is 2. The smallest absolute Gasteiger partial charge is 0.416 e. The Hall–Kier alpha value is -2.09. The molecule has 0 radical (unpaired) electrons. The van der Waals surface area contributed by atoms with Crippen molar-refractivity contribution in [3.05, 3.63) is 35.4 Å². The normalized spacial score (nSPS) is 12.8. The fourth-order valence-corrected chi connectivity index (χ4v) is 1.55. The molecule has 1 unspecified atom stereocenters. The van der Waals surface area contributed by atoms with Crippen molar-refractivity contribution in [1.82, 2.24) is 5.32 Å². The van der Waals surface area contributed by atoms with Gasteiger partial charge in [-0.1, -0.05) is 0 Å². The largest absolute Gasteiger partial charge is 0.481 e. The van der Waals surface area contributed by atoms with E-state index in [9.17, 15) is 22.8 Å². The molecule has 0 aromatic heterocycles. The molecule has 1 rings (SSSR count). The molecule has 0 heterocycles. The summed E-state index contributed by atoms with van der Waals surface area (Å²) in [5.41, 5.74) is -0.798. The number of methoxy groups -OCH3 is 1. The van der Waals surface area contributed by atoms with Crippen molar-refractivity contribution in [2.75, 3.05) is 13.7 Å². The maximum Gasteiger partial charge on any atom is 0.416 e. The second-order valence-corrected chi connectivity index (χ2v) is 4.24. The van der Waals surface area contributed by atoms with E-state index < -0.39 is 29.7 Å². The van der Waals surface area contributed by atoms with Gasteiger partial charge in [-0.2, -0.15) is 13.2 Å². The van der Waals surface area contributed by atoms with Crippen LogP contribution in [0.2, 0.25) is 0 Å². The molecule has 2 N–H and O–H groups in total. The molecule has 0 aliphatic rings. The molecule has 8 heteroatoms. The number of benzene rings is 1. The second-order valence-electron chi connectivity index (χ2n) is 4.24. The van der Waals surface area contributed by atoms with E-state index in [2.05, 4.69) is 5.32 Å². The van der Waals surface area contributed by atoms with Gasteiger partial charge in [0.2, 0.25) is 0 Å². The van der Waals surface area contributed by atoms with Crippen LogP contribution in [0.1, 0.15) is 22.3 Å². The molecule has 0 spiro atoms. The number of carbonyl (C=O) groups excluding carboxylic acids is 1. The Morgan fingerprint density at radius 2 is 1.86 bits per heavy atom. The molecule has 0 fully saturated rings. The maximum absolute atomic E-state index is 12.4. The number of nitrogens with one attached hydrogen (secondary N) is 1. The molecule has 0 saturated carbocycles. The predicted octanol–water partition coefficient (Wildman–Crippen LogP) is 1.92. The SMILES string of the molecule is COC(CNC(=O)c1ccc(C(F)(F)F)cc1)CC(=O)O. The average Bonchev–Trinajstić information content (AvgIpc) is 2.41. The molecule has 5 nitrogen and oxygen atoms in total. The Bertz CT molecular complexity index is 499. The minimum Gasteiger partial charge on any atom is -0.481 e. The number of rotatable bonds is 6. The molecule has 1 aromatic rings. The fraction of sp³-hybridized carbons (Fsp3) is 0.385. The van der Waals surface area contributed by atoms with Crippen molar-refractivity contribution in [3.8, 4) is 0 Å². The minimum atomic E-state index is -4.46. The topological polar surface area (TPSA) is 75.6 Å². The summed E-state index contributed by atoms with van der Waals surface area (Å²) < 4.78 is 42.0. The van der Waals surface area contributed by atoms with Gasteiger partial charge >= 0.3 is 12.1 Å². The number of amides is 1. The van der Waals surface area contributed by atoms with Crippen LogP contribution >= 0.6 is 0 Å². The lowest BCUT2D eigenvalue weighted by atomic mass is 10.1. The van der Waals surface area contributed by atoms with Crippen molar-refractivity contribution < 1.29 is 32.6 Å². The number of carboxylic acids is 1. The first-order valence-electron chi connectivity index (χ1n) is 5.94. The summed E-state index contributed by atoms with van der Waals surface area (Å²) in [6.45, 7) is -0.0529. The van der Waals surface area contributed by atoms with Crippen LogP contribution in [0, 0.1) is 0 Å². The summed E-state index contributed by atoms with van der Waals surface area (Å²) in [6, 6.07) is 3.72. The Morgan fingerprint density at radius 1 is 1.29 bits per heavy atom. The highest BCUT2D eigenvalue weighted by atomic mass is 19.4. The Balaban J connectivity index is 2.61. The predicted molar refractivity (Wildman–Crippen MR) is 66.8 cm³/mol. The van der Waals surface area contributed by atoms with Crippen LogP contribution in [-0.4, -0.2) is 36.7 Å². The molecular formula is C13H14F3NO4. The van der Waals surface area contributed by atoms with E-state index in [4.69, 9.17) is 9.84 Å². The number of ether oxygens (including phenoxy) is 1. The lowest BCUT2D eigenvalue weighted by Crippen LogP contribution is -2.34. The molecular weight excluding hydrogens is 291 g/mol. The highest BCUT2D eigenvalue weighted by Gasteiger charge is 2.30. The average molecular weight is 305 g/mol. The van der Waals surface area contributed by atoms with Gasteiger partial charge in [0.25, 0.3) is 5.91 Å². The van der Waals surface area contributed by atoms with Crippen molar-refractivity contribution in [2.24, 2.45) is 0 Å². The van der Waals surface area contributed by atoms with E-state index >= 15 is 0 Å². The van der Waals surface area contributed by atoms with Gasteiger partial charge < -0.3 is 15.2 Å². The quantitative estimate of drug-likeness (QED) is 0.842. The monoisotopic (exact) mass is 305 g/mol. The van der Waals surface area contributed by atoms with E-state index in [-0.39, 0.29) is 18.5 Å². The van der Waals surface area contributed by atoms with Crippen LogP contribution in [0.3, 0.4) is 0 Å². The first-order valence-corrected chi connectivity index (χ1v) is 5.94. The zero-order chi connectivity index (χ0) is 16.0. The summed E-state index contributed by atoms with van der Waals surface area (Å²) in [5, 5.41) is 11.0. The van der Waals surface area contributed by atoms with Crippen molar-refractivity contribution >= 4 is 11.9 Å². The van der Waals surface area contributed by atoms with Crippen LogP contribution in [0.4, 0.5) is 13.2 Å². The van der Waals surface area contributed by atoms with Crippen molar-refractivity contribution in [3.63, 3.8) is 0 Å². The molecule has 1 aromatic carbocycles. The molecule has 1 amide bonds. The Kier molecular flexibility index (Phi) is 5.71. The summed E-state index contributed by atoms with van der Waals surface area (Å²) >= 11 is 0. The first-order chi connectivity index (χ1) is 9.74. The van der Waals surface area contributed by atoms with Gasteiger partial charge in [-0.3, -0.25) is 9.59 Å². The standard InChI is InChI=1S/C13H14F3NO4/c1-21-10(6-11(18)19)7-17-12(20)8-2-4-9(5-3-8)13(14,15)16/h2-5,10H,6-7H2,1H3,(H,17,20)(H,18,19). The molecule has 0 aliphatic carbocycles. The van der Waals surface area contributed by atoms with Crippen LogP contribution < -0.4 is 5.32 Å². The summed E-state index contributed by atoms with van der Waals surface area (Å²) in [7, 11) is 1.30. The van der Waals surface area contributed by atoms with Crippen molar-refractivity contribution in [2.45, 2.75) is 18.7 Å². The van der Waals surface area contributed by atoms with E-state index in [1.165, 1.54) is 7.11 Å². The highest BCUT2D eigenvalue weighted by molar-refractivity contribution is 5.94. The maximum atomic E-state index is 12.4. The lowest BCUT2D eigenvalue weighted by molar-refractivity contribution is -0.140. The van der Waals surface area contributed by atoms with E-state index in [0.29, 0.717) is 0 Å². The van der Waals surface area contributed by atoms with Gasteiger partial charge in [0, 0.05) is 19.2 Å². The number of aliphatic carboxylic acids is 1.